The quantitative estimate of drug-likeness (QED) is 0.348. The number of para-hydroxylation sites is 1. The third kappa shape index (κ3) is 4.81. The maximum atomic E-state index is 13.4. The zero-order chi connectivity index (χ0) is 23.8. The smallest absolute Gasteiger partial charge is 0.317 e. The first-order chi connectivity index (χ1) is 15.7. The van der Waals surface area contributed by atoms with E-state index in [2.05, 4.69) is 9.97 Å². The number of nitrogens with one attached hydrogen (secondary N) is 1. The van der Waals surface area contributed by atoms with Crippen molar-refractivity contribution in [3.63, 3.8) is 0 Å². The first-order valence-electron chi connectivity index (χ1n) is 10.2. The van der Waals surface area contributed by atoms with Crippen molar-refractivity contribution in [2.24, 2.45) is 0 Å². The second kappa shape index (κ2) is 9.26. The Morgan fingerprint density at radius 2 is 2.03 bits per heavy atom. The van der Waals surface area contributed by atoms with Gasteiger partial charge in [0.15, 0.2) is 0 Å². The summed E-state index contributed by atoms with van der Waals surface area (Å²) >= 11 is 2.67. The summed E-state index contributed by atoms with van der Waals surface area (Å²) in [6.45, 7) is 4.14. The number of aromatic nitrogens is 2. The summed E-state index contributed by atoms with van der Waals surface area (Å²) in [7, 11) is -1.96. The second-order valence-electron chi connectivity index (χ2n) is 7.95. The van der Waals surface area contributed by atoms with Gasteiger partial charge in [-0.05, 0) is 44.5 Å². The number of thiophene rings is 1. The van der Waals surface area contributed by atoms with Crippen LogP contribution in [0.4, 0.5) is 5.69 Å². The van der Waals surface area contributed by atoms with Crippen molar-refractivity contribution < 1.29 is 18.3 Å². The van der Waals surface area contributed by atoms with E-state index in [0.29, 0.717) is 16.4 Å². The molecular weight excluding hydrogens is 480 g/mol. The Labute approximate surface area is 200 Å². The van der Waals surface area contributed by atoms with E-state index in [0.717, 1.165) is 26.5 Å². The lowest BCUT2D eigenvalue weighted by Crippen LogP contribution is -2.36. The Bertz CT molecular complexity index is 1370. The van der Waals surface area contributed by atoms with Crippen molar-refractivity contribution >= 4 is 55.3 Å². The fraction of sp³-hybridized carbons (Fsp3) is 0.273. The summed E-state index contributed by atoms with van der Waals surface area (Å²) < 4.78 is 28.6. The number of aromatic amines is 1. The van der Waals surface area contributed by atoms with Gasteiger partial charge in [-0.1, -0.05) is 18.2 Å². The molecular formula is C22H24N4O4S3. The van der Waals surface area contributed by atoms with Crippen LogP contribution < -0.4 is 4.31 Å². The lowest BCUT2D eigenvalue weighted by atomic mass is 10.2. The van der Waals surface area contributed by atoms with Crippen LogP contribution in [0.15, 0.2) is 52.2 Å². The molecule has 0 fully saturated rings. The predicted molar refractivity (Wildman–Crippen MR) is 132 cm³/mol. The van der Waals surface area contributed by atoms with Gasteiger partial charge in [-0.15, -0.1) is 22.7 Å². The average molecular weight is 505 g/mol. The van der Waals surface area contributed by atoms with E-state index in [4.69, 9.17) is 5.11 Å². The zero-order valence-electron chi connectivity index (χ0n) is 18.3. The number of anilines is 1. The van der Waals surface area contributed by atoms with Gasteiger partial charge in [0.05, 0.1) is 23.4 Å². The number of H-pyrrole nitrogens is 1. The Morgan fingerprint density at radius 3 is 2.70 bits per heavy atom. The molecule has 0 saturated carbocycles. The van der Waals surface area contributed by atoms with E-state index >= 15 is 0 Å². The van der Waals surface area contributed by atoms with Gasteiger partial charge < -0.3 is 10.1 Å². The van der Waals surface area contributed by atoms with Crippen molar-refractivity contribution in [2.45, 2.75) is 30.6 Å². The summed E-state index contributed by atoms with van der Waals surface area (Å²) in [6, 6.07) is 10.6. The molecule has 0 aliphatic carbocycles. The number of carbonyl (C=O) groups is 1. The fourth-order valence-electron chi connectivity index (χ4n) is 3.69. The lowest BCUT2D eigenvalue weighted by molar-refractivity contribution is -0.138. The number of aliphatic carboxylic acids is 1. The number of carboxylic acids is 1. The Balaban J connectivity index is 1.71. The van der Waals surface area contributed by atoms with E-state index in [1.807, 2.05) is 38.1 Å². The first kappa shape index (κ1) is 23.4. The molecule has 0 spiro atoms. The number of fused-ring (bicyclic) bond motifs is 1. The topological polar surface area (TPSA) is 107 Å². The maximum Gasteiger partial charge on any atom is 0.317 e. The van der Waals surface area contributed by atoms with Crippen LogP contribution in [-0.4, -0.2) is 54.0 Å². The minimum Gasteiger partial charge on any atom is -0.480 e. The summed E-state index contributed by atoms with van der Waals surface area (Å²) in [4.78, 5) is 21.4. The van der Waals surface area contributed by atoms with Crippen molar-refractivity contribution in [1.29, 1.82) is 0 Å². The van der Waals surface area contributed by atoms with E-state index in [-0.39, 0.29) is 12.6 Å². The molecule has 0 bridgehead atoms. The number of sulfonamides is 1. The van der Waals surface area contributed by atoms with E-state index in [9.17, 15) is 13.2 Å². The highest BCUT2D eigenvalue weighted by atomic mass is 32.2. The number of benzene rings is 1. The molecule has 0 aliphatic heterocycles. The highest BCUT2D eigenvalue weighted by Gasteiger charge is 2.30. The van der Waals surface area contributed by atoms with Crippen molar-refractivity contribution in [3.05, 3.63) is 52.9 Å². The van der Waals surface area contributed by atoms with Gasteiger partial charge in [-0.2, -0.15) is 0 Å². The van der Waals surface area contributed by atoms with Gasteiger partial charge in [-0.25, -0.2) is 13.4 Å². The summed E-state index contributed by atoms with van der Waals surface area (Å²) in [6.07, 6.45) is 1.74. The lowest BCUT2D eigenvalue weighted by Gasteiger charge is -2.28. The van der Waals surface area contributed by atoms with Gasteiger partial charge in [0.2, 0.25) is 0 Å². The number of rotatable bonds is 9. The van der Waals surface area contributed by atoms with Gasteiger partial charge in [-0.3, -0.25) is 14.0 Å². The molecule has 11 heteroatoms. The largest absolute Gasteiger partial charge is 0.480 e. The molecule has 4 rings (SSSR count). The number of nitrogens with zero attached hydrogens (tertiary/aromatic N) is 3. The molecule has 0 aliphatic rings. The highest BCUT2D eigenvalue weighted by Crippen LogP contribution is 2.36. The number of likely N-dealkylation sites (N-methyl/N-ethyl adjacent to an activating group) is 1. The third-order valence-corrected chi connectivity index (χ3v) is 9.34. The number of carboxylic acid groups (broad SMARTS) is 1. The van der Waals surface area contributed by atoms with E-state index < -0.39 is 16.0 Å². The van der Waals surface area contributed by atoms with Crippen molar-refractivity contribution in [3.8, 4) is 10.7 Å². The van der Waals surface area contributed by atoms with Crippen LogP contribution in [-0.2, 0) is 21.4 Å². The summed E-state index contributed by atoms with van der Waals surface area (Å²) in [5.74, 6) is -0.877. The average Bonchev–Trinajstić information content (AvgIpc) is 3.47. The molecule has 174 valence electrons. The van der Waals surface area contributed by atoms with E-state index in [1.165, 1.54) is 27.0 Å². The van der Waals surface area contributed by atoms with Crippen LogP contribution in [0.2, 0.25) is 0 Å². The van der Waals surface area contributed by atoms with Crippen molar-refractivity contribution in [1.82, 2.24) is 14.9 Å². The molecule has 1 aromatic carbocycles. The molecule has 2 N–H and O–H groups in total. The standard InChI is InChI=1S/C22H24N4O4S3/c1-14(2)26(33(29,30)20-8-5-9-31-20)18-7-4-6-15-10-17(24-21(15)18)22-23-11-16(32-22)12-25(3)13-19(27)28/h4-11,14,24H,12-13H2,1-3H3,(H,27,28). The third-order valence-electron chi connectivity index (χ3n) is 4.96. The molecule has 3 heterocycles. The van der Waals surface area contributed by atoms with Gasteiger partial charge >= 0.3 is 5.97 Å². The minimum absolute atomic E-state index is 0.0489. The zero-order valence-corrected chi connectivity index (χ0v) is 20.8. The van der Waals surface area contributed by atoms with Crippen LogP contribution in [0.25, 0.3) is 21.6 Å². The molecule has 0 saturated heterocycles. The van der Waals surface area contributed by atoms with Crippen LogP contribution >= 0.6 is 22.7 Å². The fourth-order valence-corrected chi connectivity index (χ4v) is 7.41. The van der Waals surface area contributed by atoms with Crippen molar-refractivity contribution in [2.75, 3.05) is 17.9 Å². The summed E-state index contributed by atoms with van der Waals surface area (Å²) in [5.41, 5.74) is 2.09. The molecule has 33 heavy (non-hydrogen) atoms. The monoisotopic (exact) mass is 504 g/mol. The minimum atomic E-state index is -3.71. The SMILES string of the molecule is CC(C)N(c1cccc2cc(-c3ncc(CN(C)CC(=O)O)s3)[nH]c12)S(=O)(=O)c1cccs1. The highest BCUT2D eigenvalue weighted by molar-refractivity contribution is 7.94. The van der Waals surface area contributed by atoms with Gasteiger partial charge in [0.25, 0.3) is 10.0 Å². The van der Waals surface area contributed by atoms with Crippen LogP contribution in [0.1, 0.15) is 18.7 Å². The number of hydrogen-bond acceptors (Lipinski definition) is 7. The molecule has 8 nitrogen and oxygen atoms in total. The maximum absolute atomic E-state index is 13.4. The van der Waals surface area contributed by atoms with Crippen LogP contribution in [0.3, 0.4) is 0 Å². The molecule has 0 amide bonds. The molecule has 0 atom stereocenters. The van der Waals surface area contributed by atoms with E-state index in [1.54, 1.807) is 35.7 Å². The molecule has 4 aromatic rings. The van der Waals surface area contributed by atoms with Gasteiger partial charge in [0.1, 0.15) is 9.22 Å². The molecule has 0 radical (unpaired) electrons. The number of thiazole rings is 1. The normalized spacial score (nSPS) is 12.2. The van der Waals surface area contributed by atoms with Crippen LogP contribution in [0, 0.1) is 0 Å². The second-order valence-corrected chi connectivity index (χ2v) is 12.1. The molecule has 3 aromatic heterocycles. The molecule has 0 unspecified atom stereocenters. The summed E-state index contributed by atoms with van der Waals surface area (Å²) in [5, 5.41) is 12.3. The predicted octanol–water partition coefficient (Wildman–Crippen LogP) is 4.47. The number of hydrogen-bond donors (Lipinski definition) is 2. The first-order valence-corrected chi connectivity index (χ1v) is 13.4. The van der Waals surface area contributed by atoms with Crippen LogP contribution in [0.5, 0.6) is 0 Å². The van der Waals surface area contributed by atoms with Gasteiger partial charge in [0, 0.05) is 29.0 Å². The Hall–Kier alpha value is -2.73. The Morgan fingerprint density at radius 1 is 1.24 bits per heavy atom. The Kier molecular flexibility index (Phi) is 6.57.